The molecule has 0 radical (unpaired) electrons. The van der Waals surface area contributed by atoms with Crippen molar-refractivity contribution in [3.63, 3.8) is 0 Å². The highest BCUT2D eigenvalue weighted by Crippen LogP contribution is 2.19. The molecule has 1 fully saturated rings. The Morgan fingerprint density at radius 2 is 1.76 bits per heavy atom. The van der Waals surface area contributed by atoms with Gasteiger partial charge in [0.2, 0.25) is 0 Å². The third-order valence-electron chi connectivity index (χ3n) is 3.91. The molecule has 1 aliphatic heterocycles. The fraction of sp³-hybridized carbons (Fsp3) is 0.471. The zero-order valence-electron chi connectivity index (χ0n) is 12.9. The molecule has 21 heavy (non-hydrogen) atoms. The Bertz CT molecular complexity index is 609. The van der Waals surface area contributed by atoms with Gasteiger partial charge in [-0.15, -0.1) is 0 Å². The van der Waals surface area contributed by atoms with Gasteiger partial charge in [0.05, 0.1) is 5.52 Å². The number of benzene rings is 1. The molecule has 3 rings (SSSR count). The number of hydrogen-bond acceptors (Lipinski definition) is 4. The van der Waals surface area contributed by atoms with Crippen LogP contribution in [0.4, 0.5) is 5.82 Å². The van der Waals surface area contributed by atoms with E-state index in [4.69, 9.17) is 10.7 Å². The SMILES string of the molecule is CC(C)(N)CN1CCN(c2ccc3ccccc3n2)CC1. The molecule has 0 saturated carbocycles. The second-order valence-corrected chi connectivity index (χ2v) is 6.61. The first kappa shape index (κ1) is 14.3. The Balaban J connectivity index is 1.68. The zero-order valence-corrected chi connectivity index (χ0v) is 12.9. The van der Waals surface area contributed by atoms with Gasteiger partial charge in [0.15, 0.2) is 0 Å². The summed E-state index contributed by atoms with van der Waals surface area (Å²) >= 11 is 0. The number of nitrogens with two attached hydrogens (primary N) is 1. The summed E-state index contributed by atoms with van der Waals surface area (Å²) in [6.07, 6.45) is 0. The highest BCUT2D eigenvalue weighted by molar-refractivity contribution is 5.80. The predicted octanol–water partition coefficient (Wildman–Crippen LogP) is 2.09. The number of piperazine rings is 1. The van der Waals surface area contributed by atoms with Gasteiger partial charge in [0, 0.05) is 43.6 Å². The Hall–Kier alpha value is -1.65. The maximum absolute atomic E-state index is 6.11. The zero-order chi connectivity index (χ0) is 14.9. The van der Waals surface area contributed by atoms with Crippen molar-refractivity contribution >= 4 is 16.7 Å². The topological polar surface area (TPSA) is 45.4 Å². The van der Waals surface area contributed by atoms with Crippen molar-refractivity contribution in [3.8, 4) is 0 Å². The average molecular weight is 284 g/mol. The van der Waals surface area contributed by atoms with Crippen molar-refractivity contribution in [3.05, 3.63) is 36.4 Å². The molecule has 1 aliphatic rings. The molecule has 2 heterocycles. The molecule has 0 bridgehead atoms. The number of nitrogens with zero attached hydrogens (tertiary/aromatic N) is 3. The fourth-order valence-corrected chi connectivity index (χ4v) is 2.94. The van der Waals surface area contributed by atoms with Crippen molar-refractivity contribution in [2.75, 3.05) is 37.6 Å². The Labute approximate surface area is 126 Å². The summed E-state index contributed by atoms with van der Waals surface area (Å²) in [5, 5.41) is 1.20. The summed E-state index contributed by atoms with van der Waals surface area (Å²) in [7, 11) is 0. The molecule has 0 atom stereocenters. The lowest BCUT2D eigenvalue weighted by Crippen LogP contribution is -2.53. The lowest BCUT2D eigenvalue weighted by molar-refractivity contribution is 0.214. The standard InChI is InChI=1S/C17H24N4/c1-17(2,18)13-20-9-11-21(12-10-20)16-8-7-14-5-3-4-6-15(14)19-16/h3-8H,9-13,18H2,1-2H3. The van der Waals surface area contributed by atoms with E-state index in [-0.39, 0.29) is 5.54 Å². The van der Waals surface area contributed by atoms with Gasteiger partial charge < -0.3 is 10.6 Å². The van der Waals surface area contributed by atoms with Crippen LogP contribution in [0.15, 0.2) is 36.4 Å². The van der Waals surface area contributed by atoms with Crippen molar-refractivity contribution in [2.45, 2.75) is 19.4 Å². The lowest BCUT2D eigenvalue weighted by atomic mass is 10.1. The number of fused-ring (bicyclic) bond motifs is 1. The van der Waals surface area contributed by atoms with E-state index in [9.17, 15) is 0 Å². The van der Waals surface area contributed by atoms with Gasteiger partial charge in [-0.1, -0.05) is 18.2 Å². The number of aromatic nitrogens is 1. The van der Waals surface area contributed by atoms with Crippen molar-refractivity contribution in [2.24, 2.45) is 5.73 Å². The first-order valence-electron chi connectivity index (χ1n) is 7.63. The first-order valence-corrected chi connectivity index (χ1v) is 7.63. The van der Waals surface area contributed by atoms with E-state index in [0.29, 0.717) is 0 Å². The normalized spacial score (nSPS) is 17.4. The molecule has 2 aromatic rings. The van der Waals surface area contributed by atoms with Crippen molar-refractivity contribution in [1.82, 2.24) is 9.88 Å². The number of rotatable bonds is 3. The van der Waals surface area contributed by atoms with Crippen LogP contribution in [-0.4, -0.2) is 48.1 Å². The van der Waals surface area contributed by atoms with Crippen molar-refractivity contribution < 1.29 is 0 Å². The van der Waals surface area contributed by atoms with Gasteiger partial charge in [-0.25, -0.2) is 4.98 Å². The highest BCUT2D eigenvalue weighted by atomic mass is 15.3. The molecule has 112 valence electrons. The summed E-state index contributed by atoms with van der Waals surface area (Å²) in [5.41, 5.74) is 7.05. The molecule has 1 aromatic heterocycles. The van der Waals surface area contributed by atoms with E-state index in [1.807, 2.05) is 6.07 Å². The first-order chi connectivity index (χ1) is 10.0. The number of anilines is 1. The molecule has 4 heteroatoms. The Kier molecular flexibility index (Phi) is 3.83. The van der Waals surface area contributed by atoms with Crippen molar-refractivity contribution in [1.29, 1.82) is 0 Å². The monoisotopic (exact) mass is 284 g/mol. The molecule has 1 aromatic carbocycles. The van der Waals surface area contributed by atoms with Gasteiger partial charge in [0.1, 0.15) is 5.82 Å². The molecule has 0 unspecified atom stereocenters. The summed E-state index contributed by atoms with van der Waals surface area (Å²) in [5.74, 6) is 1.08. The molecule has 2 N–H and O–H groups in total. The van der Waals surface area contributed by atoms with E-state index in [2.05, 4.69) is 54.0 Å². The quantitative estimate of drug-likeness (QED) is 0.937. The van der Waals surface area contributed by atoms with Crippen LogP contribution >= 0.6 is 0 Å². The van der Waals surface area contributed by atoms with E-state index < -0.39 is 0 Å². The van der Waals surface area contributed by atoms with Crippen LogP contribution in [0.5, 0.6) is 0 Å². The van der Waals surface area contributed by atoms with E-state index in [0.717, 1.165) is 44.1 Å². The summed E-state index contributed by atoms with van der Waals surface area (Å²) in [6.45, 7) is 9.26. The Morgan fingerprint density at radius 3 is 2.48 bits per heavy atom. The maximum Gasteiger partial charge on any atom is 0.129 e. The highest BCUT2D eigenvalue weighted by Gasteiger charge is 2.22. The maximum atomic E-state index is 6.11. The predicted molar refractivity (Wildman–Crippen MR) is 88.7 cm³/mol. The largest absolute Gasteiger partial charge is 0.354 e. The minimum absolute atomic E-state index is 0.122. The van der Waals surface area contributed by atoms with E-state index in [1.165, 1.54) is 5.39 Å². The number of para-hydroxylation sites is 1. The summed E-state index contributed by atoms with van der Waals surface area (Å²) < 4.78 is 0. The van der Waals surface area contributed by atoms with Gasteiger partial charge >= 0.3 is 0 Å². The van der Waals surface area contributed by atoms with Crippen LogP contribution in [0.1, 0.15) is 13.8 Å². The van der Waals surface area contributed by atoms with Crippen LogP contribution in [0.2, 0.25) is 0 Å². The van der Waals surface area contributed by atoms with Crippen LogP contribution in [0.25, 0.3) is 10.9 Å². The molecular weight excluding hydrogens is 260 g/mol. The van der Waals surface area contributed by atoms with Crippen LogP contribution in [-0.2, 0) is 0 Å². The smallest absolute Gasteiger partial charge is 0.129 e. The molecule has 0 aliphatic carbocycles. The molecule has 0 spiro atoms. The average Bonchev–Trinajstić information content (AvgIpc) is 2.46. The third-order valence-corrected chi connectivity index (χ3v) is 3.91. The molecule has 4 nitrogen and oxygen atoms in total. The van der Waals surface area contributed by atoms with E-state index in [1.54, 1.807) is 0 Å². The third kappa shape index (κ3) is 3.52. The molecular formula is C17H24N4. The minimum atomic E-state index is -0.122. The molecule has 0 amide bonds. The second-order valence-electron chi connectivity index (χ2n) is 6.61. The van der Waals surface area contributed by atoms with Gasteiger partial charge in [0.25, 0.3) is 0 Å². The van der Waals surface area contributed by atoms with Gasteiger partial charge in [-0.3, -0.25) is 4.90 Å². The molecule has 1 saturated heterocycles. The second kappa shape index (κ2) is 5.62. The minimum Gasteiger partial charge on any atom is -0.354 e. The van der Waals surface area contributed by atoms with E-state index >= 15 is 0 Å². The van der Waals surface area contributed by atoms with Crippen LogP contribution in [0, 0.1) is 0 Å². The summed E-state index contributed by atoms with van der Waals surface area (Å²) in [4.78, 5) is 9.59. The van der Waals surface area contributed by atoms with Crippen LogP contribution in [0.3, 0.4) is 0 Å². The Morgan fingerprint density at radius 1 is 1.05 bits per heavy atom. The lowest BCUT2D eigenvalue weighted by Gasteiger charge is -2.38. The summed E-state index contributed by atoms with van der Waals surface area (Å²) in [6, 6.07) is 12.6. The van der Waals surface area contributed by atoms with Crippen LogP contribution < -0.4 is 10.6 Å². The van der Waals surface area contributed by atoms with Gasteiger partial charge in [-0.05, 0) is 32.0 Å². The fourth-order valence-electron chi connectivity index (χ4n) is 2.94. The number of pyridine rings is 1. The van der Waals surface area contributed by atoms with Gasteiger partial charge in [-0.2, -0.15) is 0 Å². The number of hydrogen-bond donors (Lipinski definition) is 1.